The molecule has 0 amide bonds. The second-order valence-corrected chi connectivity index (χ2v) is 6.94. The zero-order valence-electron chi connectivity index (χ0n) is 16.1. The summed E-state index contributed by atoms with van der Waals surface area (Å²) in [5, 5.41) is 11.2. The van der Waals surface area contributed by atoms with Crippen LogP contribution in [0.1, 0.15) is 27.2 Å². The number of rotatable bonds is 5. The number of carbonyl (C=O) groups excluding carboxylic acids is 1. The molecule has 0 saturated carbocycles. The molecule has 0 aliphatic carbocycles. The third kappa shape index (κ3) is 3.60. The molecular weight excluding hydrogens is 382 g/mol. The normalized spacial score (nSPS) is 10.8. The van der Waals surface area contributed by atoms with Gasteiger partial charge >= 0.3 is 0 Å². The van der Waals surface area contributed by atoms with Crippen LogP contribution < -0.4 is 5.43 Å². The fourth-order valence-corrected chi connectivity index (χ4v) is 3.31. The van der Waals surface area contributed by atoms with Gasteiger partial charge in [0.1, 0.15) is 5.65 Å². The standard InChI is InChI=1S/C23H17N3O4/c1-15-7-12-19-22(28)20(21(27)17-5-3-2-4-6-17)14-25(23(19)24-15)13-16-8-10-18(11-9-16)26(29)30/h2-12,14H,13H2,1H3. The van der Waals surface area contributed by atoms with Crippen LogP contribution in [0.15, 0.2) is 77.7 Å². The summed E-state index contributed by atoms with van der Waals surface area (Å²) in [6.45, 7) is 2.13. The number of ketones is 1. The molecule has 0 spiro atoms. The summed E-state index contributed by atoms with van der Waals surface area (Å²) >= 11 is 0. The topological polar surface area (TPSA) is 95.1 Å². The number of nitro groups is 1. The SMILES string of the molecule is Cc1ccc2c(=O)c(C(=O)c3ccccc3)cn(Cc3ccc([N+](=O)[O-])cc3)c2n1. The van der Waals surface area contributed by atoms with Crippen molar-refractivity contribution in [1.29, 1.82) is 0 Å². The maximum Gasteiger partial charge on any atom is 0.269 e. The Hall–Kier alpha value is -4.13. The molecule has 2 aromatic carbocycles. The van der Waals surface area contributed by atoms with Crippen LogP contribution >= 0.6 is 0 Å². The van der Waals surface area contributed by atoms with Gasteiger partial charge < -0.3 is 4.57 Å². The van der Waals surface area contributed by atoms with Gasteiger partial charge in [0.2, 0.25) is 5.43 Å². The van der Waals surface area contributed by atoms with E-state index in [9.17, 15) is 19.7 Å². The molecule has 0 atom stereocenters. The highest BCUT2D eigenvalue weighted by molar-refractivity contribution is 6.09. The fourth-order valence-electron chi connectivity index (χ4n) is 3.31. The van der Waals surface area contributed by atoms with Gasteiger partial charge in [0, 0.05) is 36.1 Å². The molecule has 148 valence electrons. The number of hydrogen-bond donors (Lipinski definition) is 0. The minimum Gasteiger partial charge on any atom is -0.327 e. The molecule has 4 rings (SSSR count). The quantitative estimate of drug-likeness (QED) is 0.288. The van der Waals surface area contributed by atoms with E-state index < -0.39 is 4.92 Å². The first-order valence-corrected chi connectivity index (χ1v) is 9.28. The zero-order valence-corrected chi connectivity index (χ0v) is 16.1. The Morgan fingerprint density at radius 3 is 2.40 bits per heavy atom. The predicted octanol–water partition coefficient (Wildman–Crippen LogP) is 3.89. The smallest absolute Gasteiger partial charge is 0.269 e. The first-order chi connectivity index (χ1) is 14.4. The highest BCUT2D eigenvalue weighted by Gasteiger charge is 2.18. The summed E-state index contributed by atoms with van der Waals surface area (Å²) in [5.74, 6) is -0.361. The fraction of sp³-hybridized carbons (Fsp3) is 0.0870. The van der Waals surface area contributed by atoms with Crippen molar-refractivity contribution in [3.63, 3.8) is 0 Å². The molecule has 0 saturated heterocycles. The van der Waals surface area contributed by atoms with Gasteiger partial charge in [-0.15, -0.1) is 0 Å². The third-order valence-corrected chi connectivity index (χ3v) is 4.84. The lowest BCUT2D eigenvalue weighted by Crippen LogP contribution is -2.21. The van der Waals surface area contributed by atoms with Crippen LogP contribution in [0.25, 0.3) is 11.0 Å². The number of non-ortho nitro benzene ring substituents is 1. The number of benzene rings is 2. The van der Waals surface area contributed by atoms with E-state index in [0.717, 1.165) is 11.3 Å². The van der Waals surface area contributed by atoms with Crippen LogP contribution in [0.2, 0.25) is 0 Å². The summed E-state index contributed by atoms with van der Waals surface area (Å²) < 4.78 is 1.74. The number of fused-ring (bicyclic) bond motifs is 1. The van der Waals surface area contributed by atoms with Crippen LogP contribution in [0.3, 0.4) is 0 Å². The van der Waals surface area contributed by atoms with Gasteiger partial charge in [-0.3, -0.25) is 19.7 Å². The van der Waals surface area contributed by atoms with E-state index in [0.29, 0.717) is 23.1 Å². The molecule has 0 fully saturated rings. The Bertz CT molecular complexity index is 1330. The van der Waals surface area contributed by atoms with Crippen molar-refractivity contribution >= 4 is 22.5 Å². The number of hydrogen-bond acceptors (Lipinski definition) is 5. The van der Waals surface area contributed by atoms with E-state index in [2.05, 4.69) is 4.98 Å². The maximum absolute atomic E-state index is 13.0. The molecule has 0 aliphatic heterocycles. The average Bonchev–Trinajstić information content (AvgIpc) is 2.76. The largest absolute Gasteiger partial charge is 0.327 e. The van der Waals surface area contributed by atoms with E-state index in [1.165, 1.54) is 18.3 Å². The maximum atomic E-state index is 13.0. The molecule has 0 aliphatic rings. The lowest BCUT2D eigenvalue weighted by Gasteiger charge is -2.13. The summed E-state index contributed by atoms with van der Waals surface area (Å²) in [5.41, 5.74) is 2.09. The van der Waals surface area contributed by atoms with E-state index >= 15 is 0 Å². The number of pyridine rings is 2. The Labute approximate surface area is 171 Å². The molecule has 7 heteroatoms. The van der Waals surface area contributed by atoms with E-state index in [1.54, 1.807) is 59.2 Å². The Balaban J connectivity index is 1.86. The van der Waals surface area contributed by atoms with Crippen molar-refractivity contribution in [1.82, 2.24) is 9.55 Å². The highest BCUT2D eigenvalue weighted by atomic mass is 16.6. The molecule has 2 heterocycles. The second-order valence-electron chi connectivity index (χ2n) is 6.94. The molecule has 2 aromatic heterocycles. The highest BCUT2D eigenvalue weighted by Crippen LogP contribution is 2.17. The minimum absolute atomic E-state index is 0.00238. The summed E-state index contributed by atoms with van der Waals surface area (Å²) in [7, 11) is 0. The molecule has 4 aromatic rings. The minimum atomic E-state index is -0.458. The third-order valence-electron chi connectivity index (χ3n) is 4.84. The summed E-state index contributed by atoms with van der Waals surface area (Å²) in [6, 6.07) is 18.2. The average molecular weight is 399 g/mol. The number of nitro benzene ring substituents is 1. The van der Waals surface area contributed by atoms with Gasteiger partial charge in [-0.25, -0.2) is 4.98 Å². The van der Waals surface area contributed by atoms with Crippen LogP contribution in [0.4, 0.5) is 5.69 Å². The molecule has 0 unspecified atom stereocenters. The molecule has 0 bridgehead atoms. The first kappa shape index (κ1) is 19.2. The summed E-state index contributed by atoms with van der Waals surface area (Å²) in [6.07, 6.45) is 1.52. The van der Waals surface area contributed by atoms with Gasteiger partial charge in [-0.1, -0.05) is 42.5 Å². The Morgan fingerprint density at radius 1 is 1.03 bits per heavy atom. The van der Waals surface area contributed by atoms with Gasteiger partial charge in [0.25, 0.3) is 5.69 Å². The lowest BCUT2D eigenvalue weighted by atomic mass is 10.0. The van der Waals surface area contributed by atoms with Crippen LogP contribution in [-0.2, 0) is 6.54 Å². The van der Waals surface area contributed by atoms with E-state index in [1.807, 2.05) is 6.92 Å². The van der Waals surface area contributed by atoms with E-state index in [4.69, 9.17) is 0 Å². The van der Waals surface area contributed by atoms with Crippen molar-refractivity contribution in [2.24, 2.45) is 0 Å². The molecule has 30 heavy (non-hydrogen) atoms. The zero-order chi connectivity index (χ0) is 21.3. The lowest BCUT2D eigenvalue weighted by molar-refractivity contribution is -0.384. The first-order valence-electron chi connectivity index (χ1n) is 9.28. The molecule has 7 nitrogen and oxygen atoms in total. The van der Waals surface area contributed by atoms with Crippen molar-refractivity contribution in [2.45, 2.75) is 13.5 Å². The monoisotopic (exact) mass is 399 g/mol. The van der Waals surface area contributed by atoms with Crippen LogP contribution in [-0.4, -0.2) is 20.3 Å². The van der Waals surface area contributed by atoms with Crippen LogP contribution in [0, 0.1) is 17.0 Å². The number of aromatic nitrogens is 2. The van der Waals surface area contributed by atoms with E-state index in [-0.39, 0.29) is 22.5 Å². The number of aryl methyl sites for hydroxylation is 1. The van der Waals surface area contributed by atoms with Crippen LogP contribution in [0.5, 0.6) is 0 Å². The van der Waals surface area contributed by atoms with Gasteiger partial charge in [0.15, 0.2) is 5.78 Å². The molecular formula is C23H17N3O4. The number of nitrogens with zero attached hydrogens (tertiary/aromatic N) is 3. The van der Waals surface area contributed by atoms with Gasteiger partial charge in [0.05, 0.1) is 15.9 Å². The van der Waals surface area contributed by atoms with Crippen molar-refractivity contribution < 1.29 is 9.72 Å². The Morgan fingerprint density at radius 2 is 1.73 bits per heavy atom. The van der Waals surface area contributed by atoms with Crippen molar-refractivity contribution in [3.05, 3.63) is 116 Å². The number of carbonyl (C=O) groups is 1. The second kappa shape index (κ2) is 7.71. The molecule has 0 radical (unpaired) electrons. The van der Waals surface area contributed by atoms with Crippen molar-refractivity contribution in [2.75, 3.05) is 0 Å². The predicted molar refractivity (Wildman–Crippen MR) is 113 cm³/mol. The molecule has 0 N–H and O–H groups in total. The van der Waals surface area contributed by atoms with Gasteiger partial charge in [-0.2, -0.15) is 0 Å². The van der Waals surface area contributed by atoms with Gasteiger partial charge in [-0.05, 0) is 24.6 Å². The van der Waals surface area contributed by atoms with Crippen molar-refractivity contribution in [3.8, 4) is 0 Å². The summed E-state index contributed by atoms with van der Waals surface area (Å²) in [4.78, 5) is 41.0. The Kier molecular flexibility index (Phi) is 4.93.